The minimum atomic E-state index is 0.496. The van der Waals surface area contributed by atoms with Crippen LogP contribution in [-0.2, 0) is 6.54 Å². The molecule has 1 N–H and O–H groups in total. The van der Waals surface area contributed by atoms with Gasteiger partial charge >= 0.3 is 0 Å². The van der Waals surface area contributed by atoms with Gasteiger partial charge in [0.1, 0.15) is 0 Å². The Hall–Kier alpha value is -1.19. The third-order valence-corrected chi connectivity index (χ3v) is 8.35. The Labute approximate surface area is 141 Å². The molecule has 6 rings (SSSR count). The van der Waals surface area contributed by atoms with Crippen molar-refractivity contribution in [1.82, 2.24) is 10.3 Å². The first kappa shape index (κ1) is 13.1. The summed E-state index contributed by atoms with van der Waals surface area (Å²) >= 11 is 1.73. The summed E-state index contributed by atoms with van der Waals surface area (Å²) in [5, 5.41) is 8.29. The average Bonchev–Trinajstić information content (AvgIpc) is 3.24. The summed E-state index contributed by atoms with van der Waals surface area (Å²) in [7, 11) is 0. The third kappa shape index (κ3) is 1.51. The van der Waals surface area contributed by atoms with E-state index in [9.17, 15) is 0 Å². The minimum Gasteiger partial charge on any atom is -0.307 e. The van der Waals surface area contributed by atoms with E-state index in [1.54, 1.807) is 11.3 Å². The van der Waals surface area contributed by atoms with Crippen molar-refractivity contribution >= 4 is 11.3 Å². The summed E-state index contributed by atoms with van der Waals surface area (Å²) in [4.78, 5) is 4.66. The Morgan fingerprint density at radius 2 is 2.13 bits per heavy atom. The molecule has 0 aliphatic heterocycles. The maximum atomic E-state index is 4.66. The Morgan fingerprint density at radius 1 is 1.13 bits per heavy atom. The zero-order valence-electron chi connectivity index (χ0n) is 13.3. The molecule has 5 atom stereocenters. The lowest BCUT2D eigenvalue weighted by molar-refractivity contribution is -0.207. The highest BCUT2D eigenvalue weighted by Gasteiger charge is 2.80. The number of hydrogen-bond donors (Lipinski definition) is 1. The van der Waals surface area contributed by atoms with Crippen LogP contribution in [0, 0.1) is 23.2 Å². The molecular formula is C20H22N2S. The monoisotopic (exact) mass is 322 g/mol. The van der Waals surface area contributed by atoms with Crippen LogP contribution in [0.15, 0.2) is 35.2 Å². The van der Waals surface area contributed by atoms with Crippen molar-refractivity contribution in [3.8, 4) is 11.3 Å². The van der Waals surface area contributed by atoms with Crippen LogP contribution in [0.1, 0.15) is 37.7 Å². The van der Waals surface area contributed by atoms with E-state index in [1.807, 2.05) is 0 Å². The van der Waals surface area contributed by atoms with Gasteiger partial charge in [0.2, 0.25) is 0 Å². The molecule has 1 spiro atoms. The first-order valence-electron chi connectivity index (χ1n) is 9.02. The predicted octanol–water partition coefficient (Wildman–Crippen LogP) is 4.48. The normalized spacial score (nSPS) is 42.2. The van der Waals surface area contributed by atoms with Crippen LogP contribution in [0.4, 0.5) is 0 Å². The van der Waals surface area contributed by atoms with Crippen LogP contribution in [0.2, 0.25) is 0 Å². The fourth-order valence-electron chi connectivity index (χ4n) is 6.87. The van der Waals surface area contributed by atoms with Gasteiger partial charge in [-0.15, -0.1) is 0 Å². The highest BCUT2D eigenvalue weighted by molar-refractivity contribution is 7.08. The van der Waals surface area contributed by atoms with Crippen molar-refractivity contribution in [2.75, 3.05) is 0 Å². The molecule has 2 nitrogen and oxygen atoms in total. The highest BCUT2D eigenvalue weighted by Crippen LogP contribution is 2.82. The molecule has 2 bridgehead atoms. The molecule has 4 fully saturated rings. The second kappa shape index (κ2) is 4.25. The molecule has 2 aromatic rings. The van der Waals surface area contributed by atoms with Gasteiger partial charge < -0.3 is 5.32 Å². The second-order valence-electron chi connectivity index (χ2n) is 8.38. The average molecular weight is 322 g/mol. The molecule has 4 saturated carbocycles. The predicted molar refractivity (Wildman–Crippen MR) is 93.1 cm³/mol. The summed E-state index contributed by atoms with van der Waals surface area (Å²) < 4.78 is 0. The fourth-order valence-corrected chi connectivity index (χ4v) is 7.52. The lowest BCUT2D eigenvalue weighted by Crippen LogP contribution is -2.75. The van der Waals surface area contributed by atoms with E-state index in [4.69, 9.17) is 0 Å². The summed E-state index contributed by atoms with van der Waals surface area (Å²) in [5.41, 5.74) is 4.88. The van der Waals surface area contributed by atoms with Gasteiger partial charge in [-0.05, 0) is 78.3 Å². The molecule has 0 amide bonds. The largest absolute Gasteiger partial charge is 0.307 e. The standard InChI is InChI=1S/C20H22N2S/c1-2-18(15-3-4-23-12-15)21-10-13(1)11-22-19-7-14-5-16-6-17(9-19)20(16,19)8-14/h1-4,10,12,14,16-17,22H,5-9,11H2. The first-order valence-corrected chi connectivity index (χ1v) is 9.96. The molecule has 0 radical (unpaired) electrons. The summed E-state index contributed by atoms with van der Waals surface area (Å²) in [5.74, 6) is 3.15. The summed E-state index contributed by atoms with van der Waals surface area (Å²) in [6.45, 7) is 0.991. The van der Waals surface area contributed by atoms with Crippen molar-refractivity contribution in [2.24, 2.45) is 23.2 Å². The summed E-state index contributed by atoms with van der Waals surface area (Å²) in [6.07, 6.45) is 9.56. The van der Waals surface area contributed by atoms with Gasteiger partial charge in [-0.1, -0.05) is 6.07 Å². The van der Waals surface area contributed by atoms with Crippen LogP contribution in [0.25, 0.3) is 11.3 Å². The van der Waals surface area contributed by atoms with E-state index in [-0.39, 0.29) is 0 Å². The van der Waals surface area contributed by atoms with E-state index < -0.39 is 0 Å². The Kier molecular flexibility index (Phi) is 2.43. The molecule has 0 saturated heterocycles. The van der Waals surface area contributed by atoms with Gasteiger partial charge in [0.05, 0.1) is 5.69 Å². The van der Waals surface area contributed by atoms with Gasteiger partial charge in [0.25, 0.3) is 0 Å². The van der Waals surface area contributed by atoms with Crippen molar-refractivity contribution in [2.45, 2.75) is 44.2 Å². The van der Waals surface area contributed by atoms with Gasteiger partial charge in [-0.2, -0.15) is 11.3 Å². The molecule has 4 aliphatic rings. The maximum Gasteiger partial charge on any atom is 0.0710 e. The van der Waals surface area contributed by atoms with Gasteiger partial charge in [-0.3, -0.25) is 4.98 Å². The number of aromatic nitrogens is 1. The number of hydrogen-bond acceptors (Lipinski definition) is 3. The van der Waals surface area contributed by atoms with E-state index in [0.29, 0.717) is 5.54 Å². The molecule has 2 heterocycles. The zero-order valence-corrected chi connectivity index (χ0v) is 14.1. The molecule has 118 valence electrons. The van der Waals surface area contributed by atoms with Crippen LogP contribution in [0.3, 0.4) is 0 Å². The minimum absolute atomic E-state index is 0.496. The van der Waals surface area contributed by atoms with Gasteiger partial charge in [0.15, 0.2) is 0 Å². The Bertz CT molecular complexity index is 752. The van der Waals surface area contributed by atoms with Crippen LogP contribution in [-0.4, -0.2) is 10.5 Å². The number of rotatable bonds is 4. The fraction of sp³-hybridized carbons (Fsp3) is 0.550. The number of nitrogens with zero attached hydrogens (tertiary/aromatic N) is 1. The molecule has 23 heavy (non-hydrogen) atoms. The summed E-state index contributed by atoms with van der Waals surface area (Å²) in [6, 6.07) is 6.57. The molecule has 3 heteroatoms. The molecule has 4 aliphatic carbocycles. The molecule has 2 aromatic heterocycles. The lowest BCUT2D eigenvalue weighted by atomic mass is 9.35. The number of pyridine rings is 1. The number of nitrogens with one attached hydrogen (secondary N) is 1. The second-order valence-corrected chi connectivity index (χ2v) is 9.16. The third-order valence-electron chi connectivity index (χ3n) is 7.67. The lowest BCUT2D eigenvalue weighted by Gasteiger charge is -2.73. The molecule has 5 unspecified atom stereocenters. The van der Waals surface area contributed by atoms with Crippen LogP contribution in [0.5, 0.6) is 0 Å². The van der Waals surface area contributed by atoms with E-state index >= 15 is 0 Å². The topological polar surface area (TPSA) is 24.9 Å². The SMILES string of the molecule is c1cc(-c2ccc(CNC34CC5CC6CC(C3)C64C5)cn2)cs1. The first-order chi connectivity index (χ1) is 11.3. The van der Waals surface area contributed by atoms with Gasteiger partial charge in [-0.25, -0.2) is 0 Å². The Morgan fingerprint density at radius 3 is 2.87 bits per heavy atom. The smallest absolute Gasteiger partial charge is 0.0710 e. The van der Waals surface area contributed by atoms with E-state index in [2.05, 4.69) is 45.5 Å². The quantitative estimate of drug-likeness (QED) is 0.898. The van der Waals surface area contributed by atoms with Crippen molar-refractivity contribution in [3.63, 3.8) is 0 Å². The van der Waals surface area contributed by atoms with E-state index in [1.165, 1.54) is 43.2 Å². The maximum absolute atomic E-state index is 4.66. The van der Waals surface area contributed by atoms with Crippen LogP contribution < -0.4 is 5.32 Å². The van der Waals surface area contributed by atoms with Crippen molar-refractivity contribution in [3.05, 3.63) is 40.7 Å². The van der Waals surface area contributed by atoms with Crippen molar-refractivity contribution < 1.29 is 0 Å². The van der Waals surface area contributed by atoms with Crippen molar-refractivity contribution in [1.29, 1.82) is 0 Å². The van der Waals surface area contributed by atoms with Gasteiger partial charge in [0, 0.05) is 29.2 Å². The molecule has 0 aromatic carbocycles. The van der Waals surface area contributed by atoms with E-state index in [0.717, 1.165) is 35.4 Å². The molecular weight excluding hydrogens is 300 g/mol. The highest BCUT2D eigenvalue weighted by atomic mass is 32.1. The number of fused-ring (bicyclic) bond motifs is 1. The Balaban J connectivity index is 1.20. The zero-order chi connectivity index (χ0) is 15.1. The van der Waals surface area contributed by atoms with Crippen LogP contribution >= 0.6 is 11.3 Å². The number of thiophene rings is 1.